The second-order valence-corrected chi connectivity index (χ2v) is 7.66. The summed E-state index contributed by atoms with van der Waals surface area (Å²) in [6.07, 6.45) is 6.94. The summed E-state index contributed by atoms with van der Waals surface area (Å²) in [5.41, 5.74) is 1.73. The lowest BCUT2D eigenvalue weighted by Crippen LogP contribution is -2.19. The number of ether oxygens (including phenoxy) is 1. The summed E-state index contributed by atoms with van der Waals surface area (Å²) >= 11 is 1.46. The number of thiophene rings is 1. The molecule has 2 heterocycles. The van der Waals surface area contributed by atoms with Crippen molar-refractivity contribution < 1.29 is 14.3 Å². The monoisotopic (exact) mass is 359 g/mol. The molecule has 0 saturated heterocycles. The van der Waals surface area contributed by atoms with Gasteiger partial charge in [-0.2, -0.15) is 0 Å². The molecule has 0 spiro atoms. The van der Waals surface area contributed by atoms with Crippen LogP contribution in [0.25, 0.3) is 0 Å². The Bertz CT molecular complexity index is 786. The quantitative estimate of drug-likeness (QED) is 0.845. The number of rotatable bonds is 4. The van der Waals surface area contributed by atoms with Gasteiger partial charge in [-0.1, -0.05) is 6.92 Å². The summed E-state index contributed by atoms with van der Waals surface area (Å²) in [6, 6.07) is 0. The third kappa shape index (κ3) is 3.87. The van der Waals surface area contributed by atoms with Crippen LogP contribution in [0.1, 0.15) is 58.5 Å². The Morgan fingerprint density at radius 2 is 2.16 bits per heavy atom. The van der Waals surface area contributed by atoms with E-state index in [2.05, 4.69) is 22.2 Å². The van der Waals surface area contributed by atoms with E-state index < -0.39 is 0 Å². The number of nitrogens with one attached hydrogen (secondary N) is 1. The Morgan fingerprint density at radius 3 is 2.84 bits per heavy atom. The lowest BCUT2D eigenvalue weighted by molar-refractivity contribution is 0.0378. The Balaban J connectivity index is 1.94. The van der Waals surface area contributed by atoms with Crippen LogP contribution in [0.4, 0.5) is 5.00 Å². The molecule has 0 radical (unpaired) electrons. The van der Waals surface area contributed by atoms with Crippen LogP contribution in [0.5, 0.6) is 0 Å². The highest BCUT2D eigenvalue weighted by atomic mass is 32.1. The smallest absolute Gasteiger partial charge is 0.341 e. The molecule has 7 heteroatoms. The van der Waals surface area contributed by atoms with Gasteiger partial charge in [0.1, 0.15) is 10.7 Å². The highest BCUT2D eigenvalue weighted by Crippen LogP contribution is 2.40. The number of esters is 1. The summed E-state index contributed by atoms with van der Waals surface area (Å²) in [5, 5.41) is 3.37. The Labute approximate surface area is 150 Å². The van der Waals surface area contributed by atoms with Gasteiger partial charge < -0.3 is 10.1 Å². The standard InChI is InChI=1S/C18H21N3O3S/c1-10(2)24-18(23)15-12-5-4-11(3)8-14(12)25-17(15)21-16(22)13-9-19-6-7-20-13/h6-7,9-11H,4-5,8H2,1-3H3,(H,21,22). The summed E-state index contributed by atoms with van der Waals surface area (Å²) in [6.45, 7) is 5.83. The fourth-order valence-corrected chi connectivity index (χ4v) is 4.31. The predicted octanol–water partition coefficient (Wildman–Crippen LogP) is 3.48. The van der Waals surface area contributed by atoms with Gasteiger partial charge in [0.05, 0.1) is 17.9 Å². The maximum Gasteiger partial charge on any atom is 0.341 e. The van der Waals surface area contributed by atoms with E-state index >= 15 is 0 Å². The van der Waals surface area contributed by atoms with Gasteiger partial charge in [-0.15, -0.1) is 11.3 Å². The maximum absolute atomic E-state index is 12.6. The van der Waals surface area contributed by atoms with Crippen LogP contribution < -0.4 is 5.32 Å². The number of fused-ring (bicyclic) bond motifs is 1. The van der Waals surface area contributed by atoms with E-state index in [0.29, 0.717) is 16.5 Å². The van der Waals surface area contributed by atoms with Gasteiger partial charge in [0, 0.05) is 17.3 Å². The van der Waals surface area contributed by atoms with Gasteiger partial charge in [0.25, 0.3) is 5.91 Å². The third-order valence-electron chi connectivity index (χ3n) is 4.08. The van der Waals surface area contributed by atoms with E-state index in [-0.39, 0.29) is 23.7 Å². The minimum atomic E-state index is -0.378. The van der Waals surface area contributed by atoms with E-state index in [1.54, 1.807) is 0 Å². The molecule has 2 aromatic heterocycles. The van der Waals surface area contributed by atoms with Crippen LogP contribution in [0.15, 0.2) is 18.6 Å². The summed E-state index contributed by atoms with van der Waals surface area (Å²) in [5.74, 6) is -0.182. The maximum atomic E-state index is 12.6. The van der Waals surface area contributed by atoms with Crippen molar-refractivity contribution in [3.8, 4) is 0 Å². The van der Waals surface area contributed by atoms with Gasteiger partial charge in [0.15, 0.2) is 0 Å². The zero-order valence-corrected chi connectivity index (χ0v) is 15.4. The van der Waals surface area contributed by atoms with Gasteiger partial charge in [0.2, 0.25) is 0 Å². The van der Waals surface area contributed by atoms with E-state index in [1.807, 2.05) is 13.8 Å². The Kier molecular flexibility index (Phi) is 5.13. The summed E-state index contributed by atoms with van der Waals surface area (Å²) in [4.78, 5) is 34.1. The number of anilines is 1. The van der Waals surface area contributed by atoms with E-state index in [4.69, 9.17) is 4.74 Å². The van der Waals surface area contributed by atoms with E-state index in [9.17, 15) is 9.59 Å². The van der Waals surface area contributed by atoms with Crippen molar-refractivity contribution in [1.29, 1.82) is 0 Å². The van der Waals surface area contributed by atoms with Crippen molar-refractivity contribution in [3.63, 3.8) is 0 Å². The minimum absolute atomic E-state index is 0.213. The molecule has 6 nitrogen and oxygen atoms in total. The number of hydrogen-bond acceptors (Lipinski definition) is 6. The minimum Gasteiger partial charge on any atom is -0.459 e. The molecule has 0 aromatic carbocycles. The van der Waals surface area contributed by atoms with Gasteiger partial charge in [-0.25, -0.2) is 9.78 Å². The van der Waals surface area contributed by atoms with Crippen molar-refractivity contribution >= 4 is 28.2 Å². The van der Waals surface area contributed by atoms with Gasteiger partial charge >= 0.3 is 5.97 Å². The number of nitrogens with zero attached hydrogens (tertiary/aromatic N) is 2. The average molecular weight is 359 g/mol. The molecule has 2 aromatic rings. The number of aromatic nitrogens is 2. The molecular weight excluding hydrogens is 338 g/mol. The lowest BCUT2D eigenvalue weighted by atomic mass is 9.88. The van der Waals surface area contributed by atoms with Crippen LogP contribution in [-0.2, 0) is 17.6 Å². The number of carbonyl (C=O) groups excluding carboxylic acids is 2. The molecule has 1 N–H and O–H groups in total. The first kappa shape index (κ1) is 17.5. The normalized spacial score (nSPS) is 16.4. The molecule has 1 unspecified atom stereocenters. The second kappa shape index (κ2) is 7.31. The molecule has 1 atom stereocenters. The zero-order chi connectivity index (χ0) is 18.0. The molecule has 3 rings (SSSR count). The first-order chi connectivity index (χ1) is 12.0. The van der Waals surface area contributed by atoms with Crippen LogP contribution >= 0.6 is 11.3 Å². The Morgan fingerprint density at radius 1 is 1.36 bits per heavy atom. The highest BCUT2D eigenvalue weighted by molar-refractivity contribution is 7.17. The van der Waals surface area contributed by atoms with E-state index in [0.717, 1.165) is 29.7 Å². The van der Waals surface area contributed by atoms with Gasteiger partial charge in [-0.05, 0) is 44.6 Å². The van der Waals surface area contributed by atoms with E-state index in [1.165, 1.54) is 29.9 Å². The lowest BCUT2D eigenvalue weighted by Gasteiger charge is -2.18. The first-order valence-electron chi connectivity index (χ1n) is 8.38. The molecule has 1 amide bonds. The Hall–Kier alpha value is -2.28. The van der Waals surface area contributed by atoms with Gasteiger partial charge in [-0.3, -0.25) is 9.78 Å². The molecule has 1 aliphatic rings. The molecule has 25 heavy (non-hydrogen) atoms. The fourth-order valence-electron chi connectivity index (χ4n) is 2.91. The molecule has 0 saturated carbocycles. The predicted molar refractivity (Wildman–Crippen MR) is 96.0 cm³/mol. The van der Waals surface area contributed by atoms with Crippen molar-refractivity contribution in [1.82, 2.24) is 9.97 Å². The van der Waals surface area contributed by atoms with Crippen LogP contribution in [-0.4, -0.2) is 27.9 Å². The number of carbonyl (C=O) groups is 2. The van der Waals surface area contributed by atoms with Crippen LogP contribution in [0.3, 0.4) is 0 Å². The fraction of sp³-hybridized carbons (Fsp3) is 0.444. The number of amides is 1. The summed E-state index contributed by atoms with van der Waals surface area (Å²) in [7, 11) is 0. The van der Waals surface area contributed by atoms with Crippen LogP contribution in [0, 0.1) is 5.92 Å². The first-order valence-corrected chi connectivity index (χ1v) is 9.20. The average Bonchev–Trinajstić information content (AvgIpc) is 2.91. The van der Waals surface area contributed by atoms with Crippen molar-refractivity contribution in [2.45, 2.75) is 46.1 Å². The molecule has 0 bridgehead atoms. The van der Waals surface area contributed by atoms with Crippen LogP contribution in [0.2, 0.25) is 0 Å². The number of hydrogen-bond donors (Lipinski definition) is 1. The van der Waals surface area contributed by atoms with Crippen molar-refractivity contribution in [2.24, 2.45) is 5.92 Å². The molecule has 0 fully saturated rings. The molecule has 132 valence electrons. The molecule has 0 aliphatic heterocycles. The topological polar surface area (TPSA) is 81.2 Å². The molecular formula is C18H21N3O3S. The largest absolute Gasteiger partial charge is 0.459 e. The van der Waals surface area contributed by atoms with Crippen molar-refractivity contribution in [2.75, 3.05) is 5.32 Å². The zero-order valence-electron chi connectivity index (χ0n) is 14.5. The summed E-state index contributed by atoms with van der Waals surface area (Å²) < 4.78 is 5.40. The SMILES string of the molecule is CC1CCc2c(sc(NC(=O)c3cnccn3)c2C(=O)OC(C)C)C1. The molecule has 1 aliphatic carbocycles. The second-order valence-electron chi connectivity index (χ2n) is 6.55. The highest BCUT2D eigenvalue weighted by Gasteiger charge is 2.29. The van der Waals surface area contributed by atoms with Crippen molar-refractivity contribution in [3.05, 3.63) is 40.3 Å². The third-order valence-corrected chi connectivity index (χ3v) is 5.25.